The van der Waals surface area contributed by atoms with E-state index in [1.165, 1.54) is 12.3 Å². The summed E-state index contributed by atoms with van der Waals surface area (Å²) in [6, 6.07) is 0. The standard InChI is InChI=1S/C11H14O4/c1-4-7-9(10(12)14-6-3)11(13)15-8-5-2/h5-8H,3-4H2,1-2H3. The Bertz CT molecular complexity index is 300. The van der Waals surface area contributed by atoms with Crippen LogP contribution in [0, 0.1) is 0 Å². The molecule has 0 fully saturated rings. The van der Waals surface area contributed by atoms with Crippen LogP contribution in [0.2, 0.25) is 0 Å². The van der Waals surface area contributed by atoms with E-state index in [1.54, 1.807) is 19.9 Å². The number of hydrogen-bond donors (Lipinski definition) is 0. The summed E-state index contributed by atoms with van der Waals surface area (Å²) in [4.78, 5) is 22.6. The van der Waals surface area contributed by atoms with Gasteiger partial charge in [-0.05, 0) is 13.3 Å². The Hall–Kier alpha value is -1.84. The Balaban J connectivity index is 4.66. The van der Waals surface area contributed by atoms with Crippen molar-refractivity contribution in [2.45, 2.75) is 20.3 Å². The Kier molecular flexibility index (Phi) is 6.63. The van der Waals surface area contributed by atoms with Crippen molar-refractivity contribution >= 4 is 11.9 Å². The second kappa shape index (κ2) is 7.55. The summed E-state index contributed by atoms with van der Waals surface area (Å²) >= 11 is 0. The molecule has 0 aliphatic carbocycles. The zero-order valence-corrected chi connectivity index (χ0v) is 8.86. The van der Waals surface area contributed by atoms with Gasteiger partial charge in [0, 0.05) is 0 Å². The van der Waals surface area contributed by atoms with E-state index in [-0.39, 0.29) is 5.57 Å². The van der Waals surface area contributed by atoms with Gasteiger partial charge in [0.2, 0.25) is 0 Å². The molecule has 0 unspecified atom stereocenters. The van der Waals surface area contributed by atoms with E-state index in [9.17, 15) is 9.59 Å². The summed E-state index contributed by atoms with van der Waals surface area (Å²) in [5.41, 5.74) is -0.129. The zero-order valence-electron chi connectivity index (χ0n) is 8.86. The Labute approximate surface area is 88.9 Å². The van der Waals surface area contributed by atoms with E-state index in [0.29, 0.717) is 6.42 Å². The Morgan fingerprint density at radius 1 is 1.27 bits per heavy atom. The van der Waals surface area contributed by atoms with Gasteiger partial charge in [0.05, 0.1) is 12.5 Å². The first-order chi connectivity index (χ1) is 7.17. The summed E-state index contributed by atoms with van der Waals surface area (Å²) in [7, 11) is 0. The minimum Gasteiger partial charge on any atom is -0.431 e. The SMILES string of the molecule is C=COC(=O)C(=CCC)C(=O)OC=CC. The molecule has 0 bridgehead atoms. The third-order valence-electron chi connectivity index (χ3n) is 1.35. The van der Waals surface area contributed by atoms with Gasteiger partial charge < -0.3 is 9.47 Å². The van der Waals surface area contributed by atoms with Crippen molar-refractivity contribution in [1.82, 2.24) is 0 Å². The lowest BCUT2D eigenvalue weighted by Gasteiger charge is -2.02. The van der Waals surface area contributed by atoms with Crippen molar-refractivity contribution in [3.8, 4) is 0 Å². The average molecular weight is 210 g/mol. The molecule has 0 amide bonds. The van der Waals surface area contributed by atoms with E-state index in [4.69, 9.17) is 0 Å². The second-order valence-electron chi connectivity index (χ2n) is 2.47. The molecule has 15 heavy (non-hydrogen) atoms. The number of carbonyl (C=O) groups excluding carboxylic acids is 2. The van der Waals surface area contributed by atoms with Crippen molar-refractivity contribution in [3.63, 3.8) is 0 Å². The van der Waals surface area contributed by atoms with Crippen molar-refractivity contribution in [2.75, 3.05) is 0 Å². The van der Waals surface area contributed by atoms with Gasteiger partial charge in [-0.25, -0.2) is 9.59 Å². The highest BCUT2D eigenvalue weighted by Gasteiger charge is 2.19. The van der Waals surface area contributed by atoms with Gasteiger partial charge in [-0.15, -0.1) is 0 Å². The largest absolute Gasteiger partial charge is 0.431 e. The number of carbonyl (C=O) groups is 2. The first-order valence-electron chi connectivity index (χ1n) is 4.51. The number of rotatable bonds is 5. The lowest BCUT2D eigenvalue weighted by molar-refractivity contribution is -0.141. The summed E-state index contributed by atoms with van der Waals surface area (Å²) in [5, 5.41) is 0. The third kappa shape index (κ3) is 4.81. The minimum atomic E-state index is -0.763. The smallest absolute Gasteiger partial charge is 0.350 e. The van der Waals surface area contributed by atoms with Crippen LogP contribution in [0.15, 0.2) is 36.8 Å². The molecule has 82 valence electrons. The molecule has 0 rings (SSSR count). The maximum Gasteiger partial charge on any atom is 0.350 e. The van der Waals surface area contributed by atoms with E-state index in [1.807, 2.05) is 0 Å². The second-order valence-corrected chi connectivity index (χ2v) is 2.47. The predicted octanol–water partition coefficient (Wildman–Crippen LogP) is 2.09. The van der Waals surface area contributed by atoms with Gasteiger partial charge in [-0.3, -0.25) is 0 Å². The maximum atomic E-state index is 11.3. The third-order valence-corrected chi connectivity index (χ3v) is 1.35. The van der Waals surface area contributed by atoms with Crippen molar-refractivity contribution < 1.29 is 19.1 Å². The summed E-state index contributed by atoms with van der Waals surface area (Å²) in [6.07, 6.45) is 5.69. The van der Waals surface area contributed by atoms with Crippen molar-refractivity contribution in [3.05, 3.63) is 36.8 Å². The average Bonchev–Trinajstić information content (AvgIpc) is 2.22. The Morgan fingerprint density at radius 3 is 2.33 bits per heavy atom. The van der Waals surface area contributed by atoms with Gasteiger partial charge in [-0.1, -0.05) is 25.7 Å². The molecule has 0 heterocycles. The number of esters is 2. The zero-order chi connectivity index (χ0) is 11.7. The lowest BCUT2D eigenvalue weighted by Crippen LogP contribution is -2.15. The van der Waals surface area contributed by atoms with Crippen LogP contribution in [-0.2, 0) is 19.1 Å². The van der Waals surface area contributed by atoms with Crippen LogP contribution in [0.4, 0.5) is 0 Å². The molecule has 0 saturated carbocycles. The monoisotopic (exact) mass is 210 g/mol. The van der Waals surface area contributed by atoms with Gasteiger partial charge in [0.15, 0.2) is 0 Å². The molecule has 4 heteroatoms. The molecule has 0 atom stereocenters. The van der Waals surface area contributed by atoms with Crippen LogP contribution in [0.25, 0.3) is 0 Å². The maximum absolute atomic E-state index is 11.3. The van der Waals surface area contributed by atoms with Gasteiger partial charge in [0.1, 0.15) is 5.57 Å². The molecule has 0 aromatic carbocycles. The fraction of sp³-hybridized carbons (Fsp3) is 0.273. The highest BCUT2D eigenvalue weighted by molar-refractivity contribution is 6.14. The fourth-order valence-electron chi connectivity index (χ4n) is 0.787. The highest BCUT2D eigenvalue weighted by atomic mass is 16.5. The number of allylic oxidation sites excluding steroid dienone is 2. The molecular formula is C11H14O4. The lowest BCUT2D eigenvalue weighted by atomic mass is 10.2. The molecule has 0 aliphatic rings. The van der Waals surface area contributed by atoms with E-state index < -0.39 is 11.9 Å². The molecule has 0 aliphatic heterocycles. The molecule has 0 spiro atoms. The molecule has 0 aromatic heterocycles. The van der Waals surface area contributed by atoms with Crippen LogP contribution in [0.3, 0.4) is 0 Å². The van der Waals surface area contributed by atoms with Crippen LogP contribution in [-0.4, -0.2) is 11.9 Å². The van der Waals surface area contributed by atoms with Crippen LogP contribution in [0.5, 0.6) is 0 Å². The molecule has 0 aromatic rings. The molecule has 0 N–H and O–H groups in total. The van der Waals surface area contributed by atoms with Gasteiger partial charge >= 0.3 is 11.9 Å². The predicted molar refractivity (Wildman–Crippen MR) is 55.6 cm³/mol. The fourth-order valence-corrected chi connectivity index (χ4v) is 0.787. The van der Waals surface area contributed by atoms with Gasteiger partial charge in [0.25, 0.3) is 0 Å². The van der Waals surface area contributed by atoms with Crippen LogP contribution >= 0.6 is 0 Å². The van der Waals surface area contributed by atoms with E-state index in [0.717, 1.165) is 6.26 Å². The van der Waals surface area contributed by atoms with Crippen LogP contribution < -0.4 is 0 Å². The van der Waals surface area contributed by atoms with E-state index >= 15 is 0 Å². The van der Waals surface area contributed by atoms with E-state index in [2.05, 4.69) is 16.1 Å². The first-order valence-corrected chi connectivity index (χ1v) is 4.51. The molecule has 0 saturated heterocycles. The van der Waals surface area contributed by atoms with Gasteiger partial charge in [-0.2, -0.15) is 0 Å². The normalized spacial score (nSPS) is 11.2. The van der Waals surface area contributed by atoms with Crippen molar-refractivity contribution in [2.24, 2.45) is 0 Å². The first kappa shape index (κ1) is 13.2. The minimum absolute atomic E-state index is 0.129. The molecule has 4 nitrogen and oxygen atoms in total. The molecule has 0 radical (unpaired) electrons. The van der Waals surface area contributed by atoms with Crippen LogP contribution in [0.1, 0.15) is 20.3 Å². The Morgan fingerprint density at radius 2 is 1.87 bits per heavy atom. The number of ether oxygens (including phenoxy) is 2. The number of hydrogen-bond acceptors (Lipinski definition) is 4. The summed E-state index contributed by atoms with van der Waals surface area (Å²) in [5.74, 6) is -1.50. The highest BCUT2D eigenvalue weighted by Crippen LogP contribution is 2.04. The van der Waals surface area contributed by atoms with Crippen molar-refractivity contribution in [1.29, 1.82) is 0 Å². The summed E-state index contributed by atoms with van der Waals surface area (Å²) in [6.45, 7) is 6.72. The quantitative estimate of drug-likeness (QED) is 0.229. The topological polar surface area (TPSA) is 52.6 Å². The molecular weight excluding hydrogens is 196 g/mol. The summed E-state index contributed by atoms with van der Waals surface area (Å²) < 4.78 is 9.14.